The second-order valence-corrected chi connectivity index (χ2v) is 4.78. The number of aliphatic imine (C=N–C) groups is 1. The zero-order valence-electron chi connectivity index (χ0n) is 11.9. The average molecular weight is 277 g/mol. The van der Waals surface area contributed by atoms with E-state index in [0.717, 1.165) is 5.56 Å². The average Bonchev–Trinajstić information content (AvgIpc) is 2.85. The molecule has 1 N–H and O–H groups in total. The van der Waals surface area contributed by atoms with Crippen molar-refractivity contribution in [2.24, 2.45) is 4.99 Å². The van der Waals surface area contributed by atoms with E-state index in [1.165, 1.54) is 7.11 Å². The van der Waals surface area contributed by atoms with Gasteiger partial charge in [0, 0.05) is 5.56 Å². The highest BCUT2D eigenvalue weighted by atomic mass is 16.5. The van der Waals surface area contributed by atoms with Crippen LogP contribution in [0.4, 0.5) is 0 Å². The number of rotatable bonds is 4. The van der Waals surface area contributed by atoms with E-state index in [1.807, 2.05) is 30.3 Å². The number of esters is 1. The maximum Gasteiger partial charge on any atom is 0.340 e. The van der Waals surface area contributed by atoms with Crippen molar-refractivity contribution in [2.75, 3.05) is 7.11 Å². The lowest BCUT2D eigenvalue weighted by atomic mass is 9.86. The Bertz CT molecular complexity index is 514. The topological polar surface area (TPSA) is 68.1 Å². The molecule has 1 unspecified atom stereocenters. The van der Waals surface area contributed by atoms with Crippen LogP contribution in [0.2, 0.25) is 0 Å². The molecule has 1 aliphatic heterocycles. The summed E-state index contributed by atoms with van der Waals surface area (Å²) in [5.74, 6) is -0.221. The van der Waals surface area contributed by atoms with Crippen LogP contribution in [0, 0.1) is 0 Å². The van der Waals surface area contributed by atoms with Crippen LogP contribution in [0.15, 0.2) is 35.3 Å². The number of carbonyl (C=O) groups excluding carboxylic acids is 1. The van der Waals surface area contributed by atoms with E-state index in [2.05, 4.69) is 4.99 Å². The summed E-state index contributed by atoms with van der Waals surface area (Å²) in [4.78, 5) is 16.5. The standard InChI is InChI=1S/C15H19NO4/c1-4-12(17)15(14(18)19-3)10(2)20-13(16-15)11-8-6-5-7-9-11/h5-10,12,17H,4H2,1-3H3/t10?,12-,15-/m1/s1. The Morgan fingerprint density at radius 3 is 2.70 bits per heavy atom. The number of nitrogens with zero attached hydrogens (tertiary/aromatic N) is 1. The van der Waals surface area contributed by atoms with E-state index >= 15 is 0 Å². The molecule has 5 nitrogen and oxygen atoms in total. The molecule has 1 aromatic carbocycles. The molecule has 1 aromatic rings. The van der Waals surface area contributed by atoms with Crippen LogP contribution in [0.5, 0.6) is 0 Å². The highest BCUT2D eigenvalue weighted by Gasteiger charge is 2.56. The number of aliphatic hydroxyl groups excluding tert-OH is 1. The first-order valence-electron chi connectivity index (χ1n) is 6.64. The molecule has 1 aliphatic rings. The van der Waals surface area contributed by atoms with Gasteiger partial charge in [-0.25, -0.2) is 9.79 Å². The number of ether oxygens (including phenoxy) is 2. The summed E-state index contributed by atoms with van der Waals surface area (Å²) in [5.41, 5.74) is -0.622. The molecular formula is C15H19NO4. The molecule has 108 valence electrons. The van der Waals surface area contributed by atoms with Gasteiger partial charge >= 0.3 is 5.97 Å². The SMILES string of the molecule is CC[C@@H](O)[C@]1(C(=O)OC)N=C(c2ccccc2)OC1C. The van der Waals surface area contributed by atoms with E-state index < -0.39 is 23.7 Å². The third kappa shape index (κ3) is 2.18. The van der Waals surface area contributed by atoms with E-state index in [0.29, 0.717) is 12.3 Å². The second kappa shape index (κ2) is 5.63. The van der Waals surface area contributed by atoms with Gasteiger partial charge in [-0.15, -0.1) is 0 Å². The Hall–Kier alpha value is -1.88. The Kier molecular flexibility index (Phi) is 4.09. The molecule has 2 rings (SSSR count). The molecule has 0 saturated carbocycles. The minimum Gasteiger partial charge on any atom is -0.471 e. The quantitative estimate of drug-likeness (QED) is 0.848. The fourth-order valence-electron chi connectivity index (χ4n) is 2.42. The van der Waals surface area contributed by atoms with Gasteiger partial charge in [-0.1, -0.05) is 25.1 Å². The van der Waals surface area contributed by atoms with Crippen molar-refractivity contribution in [3.05, 3.63) is 35.9 Å². The highest BCUT2D eigenvalue weighted by molar-refractivity contribution is 5.99. The molecule has 0 saturated heterocycles. The van der Waals surface area contributed by atoms with Crippen LogP contribution in [0.3, 0.4) is 0 Å². The van der Waals surface area contributed by atoms with Crippen LogP contribution in [-0.2, 0) is 14.3 Å². The van der Waals surface area contributed by atoms with Crippen molar-refractivity contribution in [3.63, 3.8) is 0 Å². The van der Waals surface area contributed by atoms with E-state index in [-0.39, 0.29) is 0 Å². The van der Waals surface area contributed by atoms with Gasteiger partial charge in [0.05, 0.1) is 13.2 Å². The lowest BCUT2D eigenvalue weighted by molar-refractivity contribution is -0.155. The fraction of sp³-hybridized carbons (Fsp3) is 0.467. The molecule has 0 amide bonds. The molecule has 0 fully saturated rings. The number of hydrogen-bond donors (Lipinski definition) is 1. The van der Waals surface area contributed by atoms with Crippen molar-refractivity contribution in [1.29, 1.82) is 0 Å². The first kappa shape index (κ1) is 14.5. The lowest BCUT2D eigenvalue weighted by Crippen LogP contribution is -2.54. The Morgan fingerprint density at radius 2 is 2.15 bits per heavy atom. The van der Waals surface area contributed by atoms with Crippen molar-refractivity contribution >= 4 is 11.9 Å². The maximum atomic E-state index is 12.2. The maximum absolute atomic E-state index is 12.2. The predicted molar refractivity (Wildman–Crippen MR) is 74.6 cm³/mol. The molecule has 1 heterocycles. The molecule has 3 atom stereocenters. The number of benzene rings is 1. The summed E-state index contributed by atoms with van der Waals surface area (Å²) in [7, 11) is 1.29. The third-order valence-corrected chi connectivity index (χ3v) is 3.62. The van der Waals surface area contributed by atoms with Gasteiger partial charge < -0.3 is 14.6 Å². The van der Waals surface area contributed by atoms with E-state index in [4.69, 9.17) is 9.47 Å². The number of methoxy groups -OCH3 is 1. The van der Waals surface area contributed by atoms with Crippen molar-refractivity contribution < 1.29 is 19.4 Å². The summed E-state index contributed by atoms with van der Waals surface area (Å²) < 4.78 is 10.5. The zero-order chi connectivity index (χ0) is 14.8. The lowest BCUT2D eigenvalue weighted by Gasteiger charge is -2.30. The van der Waals surface area contributed by atoms with Crippen molar-refractivity contribution in [1.82, 2.24) is 0 Å². The Balaban J connectivity index is 2.47. The molecule has 20 heavy (non-hydrogen) atoms. The van der Waals surface area contributed by atoms with E-state index in [9.17, 15) is 9.90 Å². The van der Waals surface area contributed by atoms with Gasteiger partial charge in [0.1, 0.15) is 6.10 Å². The smallest absolute Gasteiger partial charge is 0.340 e. The number of aliphatic hydroxyl groups is 1. The van der Waals surface area contributed by atoms with Crippen LogP contribution < -0.4 is 0 Å². The van der Waals surface area contributed by atoms with E-state index in [1.54, 1.807) is 13.8 Å². The molecule has 0 aliphatic carbocycles. The number of carbonyl (C=O) groups is 1. The highest BCUT2D eigenvalue weighted by Crippen LogP contribution is 2.34. The van der Waals surface area contributed by atoms with Gasteiger partial charge in [0.15, 0.2) is 0 Å². The number of hydrogen-bond acceptors (Lipinski definition) is 5. The minimum atomic E-state index is -1.39. The van der Waals surface area contributed by atoms with Gasteiger partial charge in [-0.2, -0.15) is 0 Å². The Labute approximate surface area is 118 Å². The summed E-state index contributed by atoms with van der Waals surface area (Å²) in [6.07, 6.45) is -1.15. The minimum absolute atomic E-state index is 0.357. The molecule has 0 spiro atoms. The molecule has 0 bridgehead atoms. The summed E-state index contributed by atoms with van der Waals surface area (Å²) in [5, 5.41) is 10.3. The first-order valence-corrected chi connectivity index (χ1v) is 6.64. The largest absolute Gasteiger partial charge is 0.471 e. The third-order valence-electron chi connectivity index (χ3n) is 3.62. The molecular weight excluding hydrogens is 258 g/mol. The van der Waals surface area contributed by atoms with Crippen LogP contribution in [0.1, 0.15) is 25.8 Å². The van der Waals surface area contributed by atoms with Crippen molar-refractivity contribution in [2.45, 2.75) is 38.0 Å². The monoisotopic (exact) mass is 277 g/mol. The second-order valence-electron chi connectivity index (χ2n) is 4.78. The fourth-order valence-corrected chi connectivity index (χ4v) is 2.42. The van der Waals surface area contributed by atoms with Crippen LogP contribution >= 0.6 is 0 Å². The summed E-state index contributed by atoms with van der Waals surface area (Å²) in [6, 6.07) is 9.30. The van der Waals surface area contributed by atoms with Gasteiger partial charge in [0.2, 0.25) is 11.4 Å². The van der Waals surface area contributed by atoms with Gasteiger partial charge in [0.25, 0.3) is 0 Å². The van der Waals surface area contributed by atoms with Crippen molar-refractivity contribution in [3.8, 4) is 0 Å². The molecule has 0 aromatic heterocycles. The normalized spacial score (nSPS) is 26.6. The summed E-state index contributed by atoms with van der Waals surface area (Å²) in [6.45, 7) is 3.51. The molecule has 5 heteroatoms. The Morgan fingerprint density at radius 1 is 1.50 bits per heavy atom. The zero-order valence-corrected chi connectivity index (χ0v) is 11.9. The van der Waals surface area contributed by atoms with Gasteiger partial charge in [-0.05, 0) is 25.5 Å². The van der Waals surface area contributed by atoms with Gasteiger partial charge in [-0.3, -0.25) is 0 Å². The van der Waals surface area contributed by atoms with Crippen LogP contribution in [0.25, 0.3) is 0 Å². The first-order chi connectivity index (χ1) is 9.56. The summed E-state index contributed by atoms with van der Waals surface area (Å²) >= 11 is 0. The van der Waals surface area contributed by atoms with Crippen LogP contribution in [-0.4, -0.2) is 41.8 Å². The molecule has 0 radical (unpaired) electrons. The predicted octanol–water partition coefficient (Wildman–Crippen LogP) is 1.53.